The molecule has 8 nitrogen and oxygen atoms in total. The van der Waals surface area contributed by atoms with Gasteiger partial charge in [-0.25, -0.2) is 18.4 Å². The molecule has 0 bridgehead atoms. The van der Waals surface area contributed by atoms with Crippen molar-refractivity contribution in [3.63, 3.8) is 0 Å². The van der Waals surface area contributed by atoms with Gasteiger partial charge in [0, 0.05) is 18.6 Å². The number of anilines is 1. The number of hydrogen-bond acceptors (Lipinski definition) is 6. The molecule has 3 rings (SSSR count). The van der Waals surface area contributed by atoms with Gasteiger partial charge in [-0.05, 0) is 32.3 Å². The fourth-order valence-corrected chi connectivity index (χ4v) is 4.36. The highest BCUT2D eigenvalue weighted by molar-refractivity contribution is 7.92. The Balaban J connectivity index is 1.85. The van der Waals surface area contributed by atoms with Gasteiger partial charge in [0.1, 0.15) is 10.9 Å². The van der Waals surface area contributed by atoms with Crippen LogP contribution < -0.4 is 5.32 Å². The van der Waals surface area contributed by atoms with Gasteiger partial charge in [-0.15, -0.1) is 0 Å². The molecule has 0 radical (unpaired) electrons. The minimum atomic E-state index is -3.44. The summed E-state index contributed by atoms with van der Waals surface area (Å²) in [5.41, 5.74) is 0. The Morgan fingerprint density at radius 1 is 1.26 bits per heavy atom. The maximum absolute atomic E-state index is 12.9. The zero-order chi connectivity index (χ0) is 19.4. The Morgan fingerprint density at radius 2 is 1.93 bits per heavy atom. The summed E-state index contributed by atoms with van der Waals surface area (Å²) in [6.45, 7) is 3.25. The van der Waals surface area contributed by atoms with Crippen molar-refractivity contribution in [2.24, 2.45) is 5.92 Å². The first-order chi connectivity index (χ1) is 12.9. The summed E-state index contributed by atoms with van der Waals surface area (Å²) >= 11 is 0. The maximum Gasteiger partial charge on any atom is 0.251 e. The topological polar surface area (TPSA) is 107 Å². The van der Waals surface area contributed by atoms with Gasteiger partial charge in [0.05, 0.1) is 11.4 Å². The molecule has 0 aliphatic heterocycles. The first-order valence-electron chi connectivity index (χ1n) is 9.24. The normalized spacial score (nSPS) is 16.6. The number of nitrogens with zero attached hydrogens (tertiary/aromatic N) is 4. The third kappa shape index (κ3) is 4.52. The van der Waals surface area contributed by atoms with E-state index in [9.17, 15) is 13.2 Å². The van der Waals surface area contributed by atoms with Crippen molar-refractivity contribution in [1.82, 2.24) is 19.7 Å². The number of sulfone groups is 1. The molecule has 0 unspecified atom stereocenters. The van der Waals surface area contributed by atoms with Crippen molar-refractivity contribution in [2.45, 2.75) is 62.1 Å². The van der Waals surface area contributed by atoms with Crippen molar-refractivity contribution < 1.29 is 13.2 Å². The maximum atomic E-state index is 12.9. The summed E-state index contributed by atoms with van der Waals surface area (Å²) in [5.74, 6) is 0.359. The van der Waals surface area contributed by atoms with Gasteiger partial charge in [-0.2, -0.15) is 5.10 Å². The number of carbonyl (C=O) groups excluding carboxylic acids is 1. The standard InChI is InChI=1S/C18H25N5O3S/c1-13(2)27(25,26)15-11-21-23(12-15)16(10-14-6-3-4-7-14)17(24)22-18-19-8-5-9-20-18/h5,8-9,11-14,16H,3-4,6-7,10H2,1-2H3,(H,19,20,22,24)/t16-/m0/s1. The number of hydrogen-bond donors (Lipinski definition) is 1. The van der Waals surface area contributed by atoms with Crippen molar-refractivity contribution in [2.75, 3.05) is 5.32 Å². The van der Waals surface area contributed by atoms with Gasteiger partial charge in [0.2, 0.25) is 5.95 Å². The van der Waals surface area contributed by atoms with E-state index < -0.39 is 21.1 Å². The summed E-state index contributed by atoms with van der Waals surface area (Å²) in [4.78, 5) is 21.1. The Hall–Kier alpha value is -2.29. The molecule has 27 heavy (non-hydrogen) atoms. The molecule has 1 atom stereocenters. The van der Waals surface area contributed by atoms with Crippen LogP contribution in [0.25, 0.3) is 0 Å². The molecule has 146 valence electrons. The molecule has 9 heteroatoms. The molecule has 1 amide bonds. The van der Waals surface area contributed by atoms with Crippen molar-refractivity contribution >= 4 is 21.7 Å². The van der Waals surface area contributed by atoms with E-state index >= 15 is 0 Å². The summed E-state index contributed by atoms with van der Waals surface area (Å²) < 4.78 is 26.3. The average molecular weight is 391 g/mol. The van der Waals surface area contributed by atoms with E-state index in [1.165, 1.54) is 17.1 Å². The summed E-state index contributed by atoms with van der Waals surface area (Å²) in [7, 11) is -3.44. The number of carbonyl (C=O) groups is 1. The smallest absolute Gasteiger partial charge is 0.251 e. The first kappa shape index (κ1) is 19.5. The van der Waals surface area contributed by atoms with Crippen molar-refractivity contribution in [3.8, 4) is 0 Å². The van der Waals surface area contributed by atoms with E-state index in [-0.39, 0.29) is 16.8 Å². The van der Waals surface area contributed by atoms with Gasteiger partial charge >= 0.3 is 0 Å². The van der Waals surface area contributed by atoms with Gasteiger partial charge < -0.3 is 0 Å². The second-order valence-corrected chi connectivity index (χ2v) is 9.72. The monoisotopic (exact) mass is 391 g/mol. The lowest BCUT2D eigenvalue weighted by Crippen LogP contribution is -2.29. The summed E-state index contributed by atoms with van der Waals surface area (Å²) in [6, 6.07) is 1.07. The van der Waals surface area contributed by atoms with Crippen LogP contribution in [0.5, 0.6) is 0 Å². The minimum Gasteiger partial charge on any atom is -0.293 e. The van der Waals surface area contributed by atoms with E-state index in [1.54, 1.807) is 32.3 Å². The van der Waals surface area contributed by atoms with E-state index in [0.29, 0.717) is 12.3 Å². The third-order valence-electron chi connectivity index (χ3n) is 4.98. The quantitative estimate of drug-likeness (QED) is 0.777. The molecule has 2 heterocycles. The molecular weight excluding hydrogens is 366 g/mol. The van der Waals surface area contributed by atoms with Crippen LogP contribution in [0.4, 0.5) is 5.95 Å². The first-order valence-corrected chi connectivity index (χ1v) is 10.8. The molecule has 1 aliphatic carbocycles. The molecule has 1 fully saturated rings. The number of amides is 1. The van der Waals surface area contributed by atoms with E-state index in [0.717, 1.165) is 25.7 Å². The molecular formula is C18H25N5O3S. The molecule has 2 aromatic rings. The molecule has 1 N–H and O–H groups in total. The highest BCUT2D eigenvalue weighted by Gasteiger charge is 2.29. The Kier molecular flexibility index (Phi) is 5.88. The second kappa shape index (κ2) is 8.16. The second-order valence-electron chi connectivity index (χ2n) is 7.21. The van der Waals surface area contributed by atoms with Crippen LogP contribution in [0.2, 0.25) is 0 Å². The van der Waals surface area contributed by atoms with E-state index in [4.69, 9.17) is 0 Å². The van der Waals surface area contributed by atoms with Gasteiger partial charge in [-0.3, -0.25) is 14.8 Å². The van der Waals surface area contributed by atoms with Crippen molar-refractivity contribution in [1.29, 1.82) is 0 Å². The largest absolute Gasteiger partial charge is 0.293 e. The summed E-state index contributed by atoms with van der Waals surface area (Å²) in [5, 5.41) is 6.37. The zero-order valence-corrected chi connectivity index (χ0v) is 16.4. The molecule has 2 aromatic heterocycles. The predicted octanol–water partition coefficient (Wildman–Crippen LogP) is 2.62. The lowest BCUT2D eigenvalue weighted by Gasteiger charge is -2.20. The van der Waals surface area contributed by atoms with Gasteiger partial charge in [0.15, 0.2) is 9.84 Å². The fourth-order valence-electron chi connectivity index (χ4n) is 3.36. The number of nitrogens with one attached hydrogen (secondary N) is 1. The lowest BCUT2D eigenvalue weighted by atomic mass is 9.98. The average Bonchev–Trinajstić information content (AvgIpc) is 3.32. The zero-order valence-electron chi connectivity index (χ0n) is 15.6. The minimum absolute atomic E-state index is 0.137. The van der Waals surface area contributed by atoms with Crippen LogP contribution in [-0.4, -0.2) is 39.3 Å². The highest BCUT2D eigenvalue weighted by atomic mass is 32.2. The van der Waals surface area contributed by atoms with Crippen LogP contribution in [-0.2, 0) is 14.6 Å². The SMILES string of the molecule is CC(C)S(=O)(=O)c1cnn([C@@H](CC2CCCC2)C(=O)Nc2ncccn2)c1. The molecule has 0 spiro atoms. The Bertz CT molecular complexity index is 873. The predicted molar refractivity (Wildman–Crippen MR) is 101 cm³/mol. The Labute approximate surface area is 159 Å². The van der Waals surface area contributed by atoms with Crippen LogP contribution in [0.3, 0.4) is 0 Å². The fraction of sp³-hybridized carbons (Fsp3) is 0.556. The van der Waals surface area contributed by atoms with Crippen LogP contribution in [0, 0.1) is 5.92 Å². The van der Waals surface area contributed by atoms with Crippen LogP contribution in [0.15, 0.2) is 35.7 Å². The molecule has 0 saturated heterocycles. The van der Waals surface area contributed by atoms with Crippen LogP contribution >= 0.6 is 0 Å². The third-order valence-corrected chi connectivity index (χ3v) is 7.09. The van der Waals surface area contributed by atoms with Crippen LogP contribution in [0.1, 0.15) is 52.0 Å². The lowest BCUT2D eigenvalue weighted by molar-refractivity contribution is -0.120. The molecule has 0 aromatic carbocycles. The number of aromatic nitrogens is 4. The summed E-state index contributed by atoms with van der Waals surface area (Å²) in [6.07, 6.45) is 11.0. The van der Waals surface area contributed by atoms with E-state index in [2.05, 4.69) is 20.4 Å². The molecule has 1 saturated carbocycles. The molecule has 1 aliphatic rings. The number of rotatable bonds is 7. The van der Waals surface area contributed by atoms with Gasteiger partial charge in [0.25, 0.3) is 5.91 Å². The van der Waals surface area contributed by atoms with E-state index in [1.807, 2.05) is 0 Å². The van der Waals surface area contributed by atoms with Gasteiger partial charge in [-0.1, -0.05) is 25.7 Å². The van der Waals surface area contributed by atoms with Crippen molar-refractivity contribution in [3.05, 3.63) is 30.9 Å². The highest BCUT2D eigenvalue weighted by Crippen LogP contribution is 2.32. The Morgan fingerprint density at radius 3 is 2.56 bits per heavy atom.